The van der Waals surface area contributed by atoms with Gasteiger partial charge >= 0.3 is 5.97 Å². The van der Waals surface area contributed by atoms with Crippen LogP contribution in [0.1, 0.15) is 43.6 Å². The number of carbonyl (C=O) groups is 2. The Hall–Kier alpha value is -2.18. The Kier molecular flexibility index (Phi) is 6.58. The monoisotopic (exact) mass is 295 g/mol. The van der Waals surface area contributed by atoms with Crippen molar-refractivity contribution in [2.45, 2.75) is 39.7 Å². The first-order chi connectivity index (χ1) is 9.93. The van der Waals surface area contributed by atoms with Crippen LogP contribution in [-0.2, 0) is 11.3 Å². The van der Waals surface area contributed by atoms with Crippen LogP contribution < -0.4 is 10.9 Å². The molecule has 0 fully saturated rings. The van der Waals surface area contributed by atoms with Crippen LogP contribution in [0.3, 0.4) is 0 Å². The van der Waals surface area contributed by atoms with Gasteiger partial charge in [-0.1, -0.05) is 20.3 Å². The maximum absolute atomic E-state index is 11.9. The van der Waals surface area contributed by atoms with E-state index < -0.39 is 11.9 Å². The molecule has 21 heavy (non-hydrogen) atoms. The molecule has 0 aliphatic heterocycles. The van der Waals surface area contributed by atoms with E-state index in [1.807, 2.05) is 6.92 Å². The van der Waals surface area contributed by atoms with Gasteiger partial charge in [-0.2, -0.15) is 5.10 Å². The Morgan fingerprint density at radius 3 is 2.76 bits per heavy atom. The molecule has 2 N–H and O–H groups in total. The molecule has 1 unspecified atom stereocenters. The minimum Gasteiger partial charge on any atom is -0.481 e. The predicted octanol–water partition coefficient (Wildman–Crippen LogP) is 0.884. The number of aromatic nitrogens is 2. The molecule has 1 aromatic heterocycles. The topological polar surface area (TPSA) is 101 Å². The van der Waals surface area contributed by atoms with E-state index in [0.29, 0.717) is 6.54 Å². The van der Waals surface area contributed by atoms with Crippen LogP contribution in [0.2, 0.25) is 0 Å². The second kappa shape index (κ2) is 8.18. The molecule has 116 valence electrons. The van der Waals surface area contributed by atoms with Gasteiger partial charge in [0.2, 0.25) is 0 Å². The largest absolute Gasteiger partial charge is 0.481 e. The molecule has 1 aromatic rings. The summed E-state index contributed by atoms with van der Waals surface area (Å²) in [5.41, 5.74) is -0.0764. The molecular weight excluding hydrogens is 274 g/mol. The van der Waals surface area contributed by atoms with E-state index >= 15 is 0 Å². The molecule has 0 radical (unpaired) electrons. The fraction of sp³-hybridized carbons (Fsp3) is 0.571. The van der Waals surface area contributed by atoms with Crippen LogP contribution >= 0.6 is 0 Å². The Morgan fingerprint density at radius 1 is 1.43 bits per heavy atom. The fourth-order valence-corrected chi connectivity index (χ4v) is 1.77. The van der Waals surface area contributed by atoms with E-state index in [2.05, 4.69) is 10.4 Å². The summed E-state index contributed by atoms with van der Waals surface area (Å²) in [6, 6.07) is 2.69. The van der Waals surface area contributed by atoms with Gasteiger partial charge in [0.05, 0.1) is 0 Å². The van der Waals surface area contributed by atoms with E-state index in [1.54, 1.807) is 6.92 Å². The van der Waals surface area contributed by atoms with Gasteiger partial charge in [0.25, 0.3) is 11.5 Å². The second-order valence-electron chi connectivity index (χ2n) is 5.05. The number of nitrogens with one attached hydrogen (secondary N) is 1. The summed E-state index contributed by atoms with van der Waals surface area (Å²) in [7, 11) is 0. The van der Waals surface area contributed by atoms with Crippen LogP contribution in [-0.4, -0.2) is 33.3 Å². The molecule has 0 spiro atoms. The van der Waals surface area contributed by atoms with Crippen LogP contribution in [0.4, 0.5) is 0 Å². The van der Waals surface area contributed by atoms with Gasteiger partial charge in [0, 0.05) is 25.6 Å². The SMILES string of the molecule is CCCCn1nc(C(=O)NCC(C)CC(=O)O)ccc1=O. The summed E-state index contributed by atoms with van der Waals surface area (Å²) in [5.74, 6) is -1.47. The van der Waals surface area contributed by atoms with Gasteiger partial charge in [-0.15, -0.1) is 0 Å². The number of amides is 1. The molecule has 1 rings (SSSR count). The molecule has 1 amide bonds. The Labute approximate surface area is 123 Å². The predicted molar refractivity (Wildman–Crippen MR) is 77.2 cm³/mol. The number of hydrogen-bond donors (Lipinski definition) is 2. The highest BCUT2D eigenvalue weighted by Crippen LogP contribution is 2.00. The highest BCUT2D eigenvalue weighted by molar-refractivity contribution is 5.92. The summed E-state index contributed by atoms with van der Waals surface area (Å²) < 4.78 is 1.28. The number of nitrogens with zero attached hydrogens (tertiary/aromatic N) is 2. The standard InChI is InChI=1S/C14H21N3O4/c1-3-4-7-17-12(18)6-5-11(16-17)14(21)15-9-10(2)8-13(19)20/h5-6,10H,3-4,7-9H2,1-2H3,(H,15,21)(H,19,20). The summed E-state index contributed by atoms with van der Waals surface area (Å²) in [4.78, 5) is 34.1. The third-order valence-corrected chi connectivity index (χ3v) is 2.96. The lowest BCUT2D eigenvalue weighted by atomic mass is 10.1. The minimum absolute atomic E-state index is 0.0102. The molecular formula is C14H21N3O4. The molecule has 0 aliphatic rings. The van der Waals surface area contributed by atoms with E-state index in [4.69, 9.17) is 5.11 Å². The number of carboxylic acids is 1. The Morgan fingerprint density at radius 2 is 2.14 bits per heavy atom. The van der Waals surface area contributed by atoms with E-state index in [9.17, 15) is 14.4 Å². The van der Waals surface area contributed by atoms with Crippen molar-refractivity contribution in [3.05, 3.63) is 28.2 Å². The van der Waals surface area contributed by atoms with Crippen LogP contribution in [0.15, 0.2) is 16.9 Å². The maximum Gasteiger partial charge on any atom is 0.303 e. The van der Waals surface area contributed by atoms with Gasteiger partial charge < -0.3 is 10.4 Å². The van der Waals surface area contributed by atoms with Crippen molar-refractivity contribution in [1.82, 2.24) is 15.1 Å². The average Bonchev–Trinajstić information content (AvgIpc) is 2.43. The first-order valence-corrected chi connectivity index (χ1v) is 7.02. The third kappa shape index (κ3) is 5.76. The van der Waals surface area contributed by atoms with Crippen LogP contribution in [0.25, 0.3) is 0 Å². The van der Waals surface area contributed by atoms with Crippen molar-refractivity contribution in [3.8, 4) is 0 Å². The number of aryl methyl sites for hydroxylation is 1. The summed E-state index contributed by atoms with van der Waals surface area (Å²) in [6.45, 7) is 4.47. The lowest BCUT2D eigenvalue weighted by Crippen LogP contribution is -2.32. The number of carboxylic acid groups (broad SMARTS) is 1. The van der Waals surface area contributed by atoms with Gasteiger partial charge in [-0.3, -0.25) is 14.4 Å². The second-order valence-corrected chi connectivity index (χ2v) is 5.05. The highest BCUT2D eigenvalue weighted by Gasteiger charge is 2.12. The zero-order chi connectivity index (χ0) is 15.8. The zero-order valence-electron chi connectivity index (χ0n) is 12.3. The van der Waals surface area contributed by atoms with Crippen molar-refractivity contribution in [2.24, 2.45) is 5.92 Å². The fourth-order valence-electron chi connectivity index (χ4n) is 1.77. The quantitative estimate of drug-likeness (QED) is 0.741. The number of unbranched alkanes of at least 4 members (excludes halogenated alkanes) is 1. The Balaban J connectivity index is 2.65. The van der Waals surface area contributed by atoms with Crippen molar-refractivity contribution in [1.29, 1.82) is 0 Å². The smallest absolute Gasteiger partial charge is 0.303 e. The summed E-state index contributed by atoms with van der Waals surface area (Å²) in [5, 5.41) is 15.3. The molecule has 0 saturated carbocycles. The van der Waals surface area contributed by atoms with E-state index in [1.165, 1.54) is 16.8 Å². The number of hydrogen-bond acceptors (Lipinski definition) is 4. The molecule has 0 saturated heterocycles. The molecule has 0 aliphatic carbocycles. The first kappa shape index (κ1) is 16.9. The normalized spacial score (nSPS) is 11.9. The van der Waals surface area contributed by atoms with Gasteiger partial charge in [-0.25, -0.2) is 4.68 Å². The van der Waals surface area contributed by atoms with Crippen LogP contribution in [0, 0.1) is 5.92 Å². The Bertz CT molecular complexity index is 553. The number of aliphatic carboxylic acids is 1. The molecule has 1 heterocycles. The van der Waals surface area contributed by atoms with Gasteiger partial charge in [-0.05, 0) is 18.4 Å². The van der Waals surface area contributed by atoms with Crippen molar-refractivity contribution < 1.29 is 14.7 Å². The van der Waals surface area contributed by atoms with E-state index in [-0.39, 0.29) is 30.1 Å². The van der Waals surface area contributed by atoms with Crippen molar-refractivity contribution in [3.63, 3.8) is 0 Å². The molecule has 7 nitrogen and oxygen atoms in total. The third-order valence-electron chi connectivity index (χ3n) is 2.96. The molecule has 0 bridgehead atoms. The lowest BCUT2D eigenvalue weighted by Gasteiger charge is -2.10. The maximum atomic E-state index is 11.9. The first-order valence-electron chi connectivity index (χ1n) is 7.02. The molecule has 0 aromatic carbocycles. The van der Waals surface area contributed by atoms with E-state index in [0.717, 1.165) is 12.8 Å². The van der Waals surface area contributed by atoms with Gasteiger partial charge in [0.1, 0.15) is 5.69 Å². The highest BCUT2D eigenvalue weighted by atomic mass is 16.4. The summed E-state index contributed by atoms with van der Waals surface area (Å²) in [6.07, 6.45) is 1.73. The minimum atomic E-state index is -0.900. The van der Waals surface area contributed by atoms with Crippen molar-refractivity contribution >= 4 is 11.9 Å². The van der Waals surface area contributed by atoms with Crippen molar-refractivity contribution in [2.75, 3.05) is 6.54 Å². The zero-order valence-corrected chi connectivity index (χ0v) is 12.3. The van der Waals surface area contributed by atoms with Gasteiger partial charge in [0.15, 0.2) is 0 Å². The molecule has 7 heteroatoms. The lowest BCUT2D eigenvalue weighted by molar-refractivity contribution is -0.137. The average molecular weight is 295 g/mol. The van der Waals surface area contributed by atoms with Crippen LogP contribution in [0.5, 0.6) is 0 Å². The molecule has 1 atom stereocenters. The number of rotatable bonds is 8. The number of carbonyl (C=O) groups excluding carboxylic acids is 1. The summed E-state index contributed by atoms with van der Waals surface area (Å²) >= 11 is 0.